The number of aromatic nitrogens is 2. The molecule has 1 aromatic heterocycles. The fourth-order valence-corrected chi connectivity index (χ4v) is 2.46. The van der Waals surface area contributed by atoms with Crippen LogP contribution in [0.1, 0.15) is 54.9 Å². The van der Waals surface area contributed by atoms with Crippen LogP contribution in [0, 0.1) is 0 Å². The summed E-state index contributed by atoms with van der Waals surface area (Å²) in [4.78, 5) is 13.0. The maximum Gasteiger partial charge on any atom is 0.264 e. The lowest BCUT2D eigenvalue weighted by molar-refractivity contribution is 0.0955. The number of hydrogen-bond acceptors (Lipinski definition) is 4. The second-order valence-electron chi connectivity index (χ2n) is 4.32. The van der Waals surface area contributed by atoms with Crippen LogP contribution in [0.15, 0.2) is 0 Å². The van der Waals surface area contributed by atoms with Gasteiger partial charge in [0.1, 0.15) is 4.88 Å². The molecule has 0 aliphatic rings. The highest BCUT2D eigenvalue weighted by Crippen LogP contribution is 2.19. The summed E-state index contributed by atoms with van der Waals surface area (Å²) in [5, 5.41) is 6.90. The molecule has 0 radical (unpaired) electrons. The Morgan fingerprint density at radius 1 is 1.47 bits per heavy atom. The Bertz CT molecular complexity index is 365. The molecule has 1 rings (SSSR count). The molecule has 1 N–H and O–H groups in total. The van der Waals surface area contributed by atoms with Gasteiger partial charge in [0.15, 0.2) is 0 Å². The smallest absolute Gasteiger partial charge is 0.264 e. The van der Waals surface area contributed by atoms with E-state index in [1.54, 1.807) is 0 Å². The summed E-state index contributed by atoms with van der Waals surface area (Å²) in [7, 11) is 0. The maximum absolute atomic E-state index is 11.9. The molecular weight excluding hydrogens is 302 g/mol. The third-order valence-corrected chi connectivity index (χ3v) is 3.53. The van der Waals surface area contributed by atoms with Gasteiger partial charge in [-0.2, -0.15) is 0 Å². The Morgan fingerprint density at radius 2 is 2.18 bits per heavy atom. The molecule has 0 saturated heterocycles. The zero-order chi connectivity index (χ0) is 12.8. The maximum atomic E-state index is 11.9. The van der Waals surface area contributed by atoms with Crippen LogP contribution in [0.3, 0.4) is 0 Å². The molecule has 0 saturated carbocycles. The van der Waals surface area contributed by atoms with Crippen LogP contribution in [0.25, 0.3) is 0 Å². The molecule has 17 heavy (non-hydrogen) atoms. The zero-order valence-corrected chi connectivity index (χ0v) is 12.8. The molecule has 1 heterocycles. The predicted octanol–water partition coefficient (Wildman–Crippen LogP) is 2.95. The number of hydrogen-bond donors (Lipinski definition) is 1. The summed E-state index contributed by atoms with van der Waals surface area (Å²) in [6, 6.07) is 0. The van der Waals surface area contributed by atoms with Crippen molar-refractivity contribution in [2.24, 2.45) is 0 Å². The highest BCUT2D eigenvalue weighted by molar-refractivity contribution is 9.09. The Morgan fingerprint density at radius 3 is 2.76 bits per heavy atom. The summed E-state index contributed by atoms with van der Waals surface area (Å²) in [5.74, 6) is 0.183. The number of carbonyl (C=O) groups excluding carboxylic acids is 1. The van der Waals surface area contributed by atoms with Crippen molar-refractivity contribution in [1.29, 1.82) is 0 Å². The summed E-state index contributed by atoms with van der Waals surface area (Å²) >= 11 is 4.65. The van der Waals surface area contributed by atoms with E-state index >= 15 is 0 Å². The van der Waals surface area contributed by atoms with Gasteiger partial charge in [-0.15, -0.1) is 5.10 Å². The molecule has 0 spiro atoms. The lowest BCUT2D eigenvalue weighted by Gasteiger charge is -2.06. The van der Waals surface area contributed by atoms with Crippen molar-refractivity contribution in [3.05, 3.63) is 10.6 Å². The second-order valence-corrected chi connectivity index (χ2v) is 6.64. The molecule has 4 nitrogen and oxygen atoms in total. The lowest BCUT2D eigenvalue weighted by Crippen LogP contribution is -2.25. The van der Waals surface area contributed by atoms with Crippen LogP contribution in [-0.4, -0.2) is 26.9 Å². The largest absolute Gasteiger partial charge is 0.351 e. The Hall–Kier alpha value is -0.490. The second kappa shape index (κ2) is 7.06. The van der Waals surface area contributed by atoms with Crippen LogP contribution >= 0.6 is 27.5 Å². The van der Waals surface area contributed by atoms with Crippen LogP contribution in [0.4, 0.5) is 0 Å². The van der Waals surface area contributed by atoms with E-state index in [0.29, 0.717) is 16.2 Å². The van der Waals surface area contributed by atoms with Gasteiger partial charge in [0.25, 0.3) is 5.91 Å². The van der Waals surface area contributed by atoms with Gasteiger partial charge in [-0.3, -0.25) is 4.79 Å². The molecule has 0 aromatic carbocycles. The molecule has 1 amide bonds. The summed E-state index contributed by atoms with van der Waals surface area (Å²) in [5.41, 5.74) is 0.793. The Labute approximate surface area is 114 Å². The molecule has 1 unspecified atom stereocenters. The van der Waals surface area contributed by atoms with Crippen molar-refractivity contribution in [2.45, 2.75) is 44.4 Å². The first-order valence-corrected chi connectivity index (χ1v) is 7.45. The third-order valence-electron chi connectivity index (χ3n) is 2.33. The zero-order valence-electron chi connectivity index (χ0n) is 10.4. The van der Waals surface area contributed by atoms with Crippen LogP contribution in [-0.2, 0) is 0 Å². The lowest BCUT2D eigenvalue weighted by atomic mass is 10.1. The average Bonchev–Trinajstić information content (AvgIpc) is 2.72. The monoisotopic (exact) mass is 319 g/mol. The van der Waals surface area contributed by atoms with Gasteiger partial charge < -0.3 is 5.32 Å². The van der Waals surface area contributed by atoms with E-state index in [1.165, 1.54) is 11.5 Å². The van der Waals surface area contributed by atoms with E-state index < -0.39 is 0 Å². The van der Waals surface area contributed by atoms with E-state index in [-0.39, 0.29) is 11.8 Å². The van der Waals surface area contributed by atoms with E-state index in [2.05, 4.69) is 37.8 Å². The minimum atomic E-state index is -0.0501. The molecule has 0 bridgehead atoms. The molecule has 1 aromatic rings. The van der Waals surface area contributed by atoms with E-state index in [9.17, 15) is 4.79 Å². The van der Waals surface area contributed by atoms with Gasteiger partial charge in [0.2, 0.25) is 0 Å². The summed E-state index contributed by atoms with van der Waals surface area (Å²) < 4.78 is 3.84. The van der Waals surface area contributed by atoms with Gasteiger partial charge >= 0.3 is 0 Å². The van der Waals surface area contributed by atoms with Gasteiger partial charge in [-0.05, 0) is 30.3 Å². The average molecular weight is 320 g/mol. The van der Waals surface area contributed by atoms with Gasteiger partial charge in [-0.1, -0.05) is 41.2 Å². The van der Waals surface area contributed by atoms with E-state index in [0.717, 1.165) is 18.5 Å². The first-order chi connectivity index (χ1) is 8.02. The number of alkyl halides is 1. The Kier molecular flexibility index (Phi) is 6.05. The van der Waals surface area contributed by atoms with Gasteiger partial charge in [-0.25, -0.2) is 0 Å². The number of carbonyl (C=O) groups is 1. The number of nitrogens with one attached hydrogen (secondary N) is 1. The van der Waals surface area contributed by atoms with Crippen molar-refractivity contribution in [2.75, 3.05) is 6.54 Å². The van der Waals surface area contributed by atoms with Crippen molar-refractivity contribution >= 4 is 33.4 Å². The van der Waals surface area contributed by atoms with Gasteiger partial charge in [0.05, 0.1) is 5.69 Å². The first kappa shape index (κ1) is 14.6. The highest BCUT2D eigenvalue weighted by atomic mass is 79.9. The van der Waals surface area contributed by atoms with E-state index in [1.807, 2.05) is 13.8 Å². The minimum absolute atomic E-state index is 0.0501. The van der Waals surface area contributed by atoms with E-state index in [4.69, 9.17) is 0 Å². The quantitative estimate of drug-likeness (QED) is 0.648. The Balaban J connectivity index is 2.44. The van der Waals surface area contributed by atoms with Crippen LogP contribution < -0.4 is 5.32 Å². The third kappa shape index (κ3) is 4.71. The van der Waals surface area contributed by atoms with Crippen LogP contribution in [0.5, 0.6) is 0 Å². The molecule has 0 aliphatic heterocycles. The highest BCUT2D eigenvalue weighted by Gasteiger charge is 2.17. The van der Waals surface area contributed by atoms with Gasteiger partial charge in [0, 0.05) is 11.4 Å². The molecule has 6 heteroatoms. The number of halogens is 1. The van der Waals surface area contributed by atoms with Crippen molar-refractivity contribution in [3.63, 3.8) is 0 Å². The molecule has 1 atom stereocenters. The number of amides is 1. The standard InChI is InChI=1S/C11H18BrN3OS/c1-7(2)9-10(17-15-14-9)11(16)13-6-4-5-8(3)12/h7-8H,4-6H2,1-3H3,(H,13,16). The summed E-state index contributed by atoms with van der Waals surface area (Å²) in [6.45, 7) is 6.83. The molecule has 96 valence electrons. The topological polar surface area (TPSA) is 54.9 Å². The number of nitrogens with zero attached hydrogens (tertiary/aromatic N) is 2. The van der Waals surface area contributed by atoms with Crippen LogP contribution in [0.2, 0.25) is 0 Å². The predicted molar refractivity (Wildman–Crippen MR) is 74.0 cm³/mol. The fraction of sp³-hybridized carbons (Fsp3) is 0.727. The fourth-order valence-electron chi connectivity index (χ4n) is 1.40. The normalized spacial score (nSPS) is 12.8. The van der Waals surface area contributed by atoms with Crippen molar-refractivity contribution in [1.82, 2.24) is 14.9 Å². The number of rotatable bonds is 6. The van der Waals surface area contributed by atoms with Crippen molar-refractivity contribution < 1.29 is 4.79 Å². The molecule has 0 fully saturated rings. The molecular formula is C11H18BrN3OS. The SMILES string of the molecule is CC(Br)CCCNC(=O)c1snnc1C(C)C. The minimum Gasteiger partial charge on any atom is -0.351 e. The summed E-state index contributed by atoms with van der Waals surface area (Å²) in [6.07, 6.45) is 2.03. The van der Waals surface area contributed by atoms with Crippen molar-refractivity contribution in [3.8, 4) is 0 Å². The first-order valence-electron chi connectivity index (χ1n) is 5.77. The molecule has 0 aliphatic carbocycles.